The summed E-state index contributed by atoms with van der Waals surface area (Å²) in [4.78, 5) is 51.6. The predicted octanol–water partition coefficient (Wildman–Crippen LogP) is 14.5. The zero-order valence-electron chi connectivity index (χ0n) is 43.1. The van der Waals surface area contributed by atoms with Gasteiger partial charge in [-0.15, -0.1) is 0 Å². The van der Waals surface area contributed by atoms with Crippen LogP contribution in [0.15, 0.2) is 194 Å². The van der Waals surface area contributed by atoms with Crippen molar-refractivity contribution in [3.8, 4) is 11.1 Å². The molecule has 0 atom stereocenters. The van der Waals surface area contributed by atoms with Gasteiger partial charge in [0, 0.05) is 58.4 Å². The van der Waals surface area contributed by atoms with Gasteiger partial charge < -0.3 is 28.7 Å². The Hall–Kier alpha value is -8.24. The summed E-state index contributed by atoms with van der Waals surface area (Å²) in [6.45, 7) is 8.61. The summed E-state index contributed by atoms with van der Waals surface area (Å²) >= 11 is 0. The van der Waals surface area contributed by atoms with E-state index in [9.17, 15) is 19.2 Å². The van der Waals surface area contributed by atoms with Crippen molar-refractivity contribution in [2.24, 2.45) is 0 Å². The minimum absolute atomic E-state index is 0.324. The second-order valence-corrected chi connectivity index (χ2v) is 17.5. The summed E-state index contributed by atoms with van der Waals surface area (Å²) in [5.74, 6) is -1.30. The summed E-state index contributed by atoms with van der Waals surface area (Å²) in [6, 6.07) is 51.3. The van der Waals surface area contributed by atoms with Gasteiger partial charge in [-0.1, -0.05) is 97.1 Å². The van der Waals surface area contributed by atoms with Crippen molar-refractivity contribution in [2.45, 2.75) is 79.1 Å². The number of allylic oxidation sites excluding steroid dienone is 4. The lowest BCUT2D eigenvalue weighted by atomic mass is 10.0. The molecule has 0 aliphatic carbocycles. The molecule has 0 aliphatic rings. The quantitative estimate of drug-likeness (QED) is 0.0214. The van der Waals surface area contributed by atoms with Crippen LogP contribution in [0.4, 0.5) is 34.1 Å². The average molecular weight is 993 g/mol. The zero-order valence-corrected chi connectivity index (χ0v) is 43.1. The first-order chi connectivity index (χ1) is 36.2. The van der Waals surface area contributed by atoms with Crippen LogP contribution >= 0.6 is 0 Å². The molecule has 0 unspecified atom stereocenters. The summed E-state index contributed by atoms with van der Waals surface area (Å²) in [5.41, 5.74) is 12.8. The Morgan fingerprint density at radius 1 is 0.311 bits per heavy atom. The van der Waals surface area contributed by atoms with Gasteiger partial charge in [-0.05, 0) is 185 Å². The number of aryl methyl sites for hydroxylation is 4. The van der Waals surface area contributed by atoms with Gasteiger partial charge in [0.2, 0.25) is 0 Å². The largest absolute Gasteiger partial charge is 0.463 e. The molecule has 0 N–H and O–H groups in total. The molecule has 10 nitrogen and oxygen atoms in total. The average Bonchev–Trinajstić information content (AvgIpc) is 3.41. The molecule has 0 amide bonds. The lowest BCUT2D eigenvalue weighted by molar-refractivity contribution is -0.138. The van der Waals surface area contributed by atoms with Crippen molar-refractivity contribution in [1.29, 1.82) is 0 Å². The SMILES string of the molecule is CC=CC(=O)OCCCc1ccc(N(c2ccc(CCCOC(=O)C=CC)cc2)c2ccc(-c3ccc(N(c4ccc(CCCOC(=O)C=CC)cc4)c4ccc(CCCOC(=O)C=CC)cc4)cc3)cc2)cc1. The molecule has 0 fully saturated rings. The van der Waals surface area contributed by atoms with Gasteiger partial charge in [0.25, 0.3) is 0 Å². The Kier molecular flexibility index (Phi) is 22.3. The van der Waals surface area contributed by atoms with Crippen LogP contribution in [0.2, 0.25) is 0 Å². The zero-order chi connectivity index (χ0) is 52.3. The van der Waals surface area contributed by atoms with E-state index in [1.165, 1.54) is 24.3 Å². The van der Waals surface area contributed by atoms with Gasteiger partial charge in [-0.3, -0.25) is 0 Å². The minimum atomic E-state index is -0.324. The van der Waals surface area contributed by atoms with Crippen LogP contribution in [0, 0.1) is 0 Å². The molecule has 10 heteroatoms. The Morgan fingerprint density at radius 2 is 0.500 bits per heavy atom. The fraction of sp³-hybridized carbons (Fsp3) is 0.250. The third kappa shape index (κ3) is 17.5. The van der Waals surface area contributed by atoms with E-state index < -0.39 is 0 Å². The first-order valence-electron chi connectivity index (χ1n) is 25.5. The molecular weight excluding hydrogens is 925 g/mol. The van der Waals surface area contributed by atoms with E-state index in [2.05, 4.69) is 155 Å². The van der Waals surface area contributed by atoms with Crippen LogP contribution in [0.3, 0.4) is 0 Å². The fourth-order valence-electron chi connectivity index (χ4n) is 8.28. The van der Waals surface area contributed by atoms with Crippen LogP contribution in [0.25, 0.3) is 11.1 Å². The first kappa shape index (κ1) is 55.1. The molecular formula is C64H68N2O8. The second kappa shape index (κ2) is 29.9. The van der Waals surface area contributed by atoms with E-state index in [0.717, 1.165) is 119 Å². The van der Waals surface area contributed by atoms with E-state index in [4.69, 9.17) is 18.9 Å². The normalized spacial score (nSPS) is 11.4. The van der Waals surface area contributed by atoms with E-state index >= 15 is 0 Å². The predicted molar refractivity (Wildman–Crippen MR) is 298 cm³/mol. The Bertz CT molecular complexity index is 2460. The number of esters is 4. The fourth-order valence-corrected chi connectivity index (χ4v) is 8.28. The van der Waals surface area contributed by atoms with Crippen LogP contribution in [-0.4, -0.2) is 50.3 Å². The molecule has 6 aromatic carbocycles. The van der Waals surface area contributed by atoms with Gasteiger partial charge in [-0.2, -0.15) is 0 Å². The Balaban J connectivity index is 1.21. The number of rotatable bonds is 27. The molecule has 6 rings (SSSR count). The van der Waals surface area contributed by atoms with E-state index in [-0.39, 0.29) is 23.9 Å². The molecule has 6 aromatic rings. The highest BCUT2D eigenvalue weighted by molar-refractivity contribution is 5.84. The third-order valence-electron chi connectivity index (χ3n) is 12.0. The molecule has 0 spiro atoms. The molecule has 0 heterocycles. The third-order valence-corrected chi connectivity index (χ3v) is 12.0. The highest BCUT2D eigenvalue weighted by Crippen LogP contribution is 2.38. The summed E-state index contributed by atoms with van der Waals surface area (Å²) in [6.07, 6.45) is 18.4. The molecule has 0 aliphatic heterocycles. The second-order valence-electron chi connectivity index (χ2n) is 17.5. The molecule has 74 heavy (non-hydrogen) atoms. The van der Waals surface area contributed by atoms with Crippen molar-refractivity contribution in [1.82, 2.24) is 0 Å². The maximum Gasteiger partial charge on any atom is 0.330 e. The Morgan fingerprint density at radius 3 is 0.689 bits per heavy atom. The van der Waals surface area contributed by atoms with E-state index in [1.807, 2.05) is 0 Å². The number of ether oxygens (including phenoxy) is 4. The molecule has 0 bridgehead atoms. The number of carbonyl (C=O) groups excluding carboxylic acids is 4. The first-order valence-corrected chi connectivity index (χ1v) is 25.5. The maximum absolute atomic E-state index is 11.8. The smallest absolute Gasteiger partial charge is 0.330 e. The molecule has 0 radical (unpaired) electrons. The maximum atomic E-state index is 11.8. The monoisotopic (exact) mass is 992 g/mol. The number of anilines is 6. The van der Waals surface area contributed by atoms with Crippen molar-refractivity contribution < 1.29 is 38.1 Å². The van der Waals surface area contributed by atoms with Gasteiger partial charge in [0.15, 0.2) is 0 Å². The van der Waals surface area contributed by atoms with Gasteiger partial charge in [-0.25, -0.2) is 19.2 Å². The van der Waals surface area contributed by atoms with Gasteiger partial charge in [0.05, 0.1) is 26.4 Å². The van der Waals surface area contributed by atoms with E-state index in [1.54, 1.807) is 52.0 Å². The standard InChI is InChI=1S/C64H68N2O8/c1-5-13-61(67)71-45-9-17-49-21-33-55(34-22-49)65(56-35-23-50(24-36-56)18-10-46-72-62(68)14-6-2)59-41-29-53(30-42-59)54-31-43-60(44-32-54)66(57-37-25-51(26-38-57)19-11-47-73-63(69)15-7-3)58-39-27-52(28-40-58)20-12-48-74-64(70)16-8-4/h5-8,13-16,21-44H,9-12,17-20,45-48H2,1-4H3. The summed E-state index contributed by atoms with van der Waals surface area (Å²) in [7, 11) is 0. The highest BCUT2D eigenvalue weighted by Gasteiger charge is 2.16. The molecule has 0 saturated carbocycles. The van der Waals surface area contributed by atoms with Crippen molar-refractivity contribution >= 4 is 58.0 Å². The number of nitrogens with zero attached hydrogens (tertiary/aromatic N) is 2. The summed E-state index contributed by atoms with van der Waals surface area (Å²) < 4.78 is 21.2. The minimum Gasteiger partial charge on any atom is -0.463 e. The summed E-state index contributed by atoms with van der Waals surface area (Å²) in [5, 5.41) is 0. The number of hydrogen-bond acceptors (Lipinski definition) is 10. The topological polar surface area (TPSA) is 112 Å². The number of carbonyl (C=O) groups is 4. The van der Waals surface area contributed by atoms with Crippen molar-refractivity contribution in [2.75, 3.05) is 36.2 Å². The lowest BCUT2D eigenvalue weighted by Gasteiger charge is -2.27. The Labute approximate surface area is 437 Å². The van der Waals surface area contributed by atoms with Gasteiger partial charge >= 0.3 is 23.9 Å². The van der Waals surface area contributed by atoms with Crippen LogP contribution < -0.4 is 9.80 Å². The van der Waals surface area contributed by atoms with Crippen molar-refractivity contribution in [3.63, 3.8) is 0 Å². The van der Waals surface area contributed by atoms with Crippen molar-refractivity contribution in [3.05, 3.63) is 216 Å². The van der Waals surface area contributed by atoms with Crippen LogP contribution in [0.5, 0.6) is 0 Å². The molecule has 0 aromatic heterocycles. The molecule has 382 valence electrons. The lowest BCUT2D eigenvalue weighted by Crippen LogP contribution is -2.10. The van der Waals surface area contributed by atoms with E-state index in [0.29, 0.717) is 26.4 Å². The van der Waals surface area contributed by atoms with Crippen LogP contribution in [-0.2, 0) is 63.8 Å². The van der Waals surface area contributed by atoms with Crippen LogP contribution in [0.1, 0.15) is 75.6 Å². The highest BCUT2D eigenvalue weighted by atomic mass is 16.5. The molecule has 0 saturated heterocycles. The number of benzene rings is 6. The number of hydrogen-bond donors (Lipinski definition) is 0. The van der Waals surface area contributed by atoms with Gasteiger partial charge in [0.1, 0.15) is 0 Å².